The Morgan fingerprint density at radius 3 is 2.88 bits per heavy atom. The van der Waals surface area contributed by atoms with Crippen molar-refractivity contribution in [3.63, 3.8) is 0 Å². The number of benzene rings is 1. The zero-order valence-corrected chi connectivity index (χ0v) is 10.6. The molecule has 0 aliphatic carbocycles. The van der Waals surface area contributed by atoms with Gasteiger partial charge in [-0.3, -0.25) is 0 Å². The van der Waals surface area contributed by atoms with E-state index < -0.39 is 0 Å². The summed E-state index contributed by atoms with van der Waals surface area (Å²) in [5.41, 5.74) is 8.17. The Labute approximate surface area is 102 Å². The van der Waals surface area contributed by atoms with Gasteiger partial charge in [0.25, 0.3) is 0 Å². The minimum atomic E-state index is 0.434. The zero-order valence-electron chi connectivity index (χ0n) is 10.6. The highest BCUT2D eigenvalue weighted by atomic mass is 16.3. The second-order valence-corrected chi connectivity index (χ2v) is 4.53. The van der Waals surface area contributed by atoms with Gasteiger partial charge in [-0.25, -0.2) is 4.98 Å². The number of nitrogen functional groups attached to an aromatic ring is 1. The van der Waals surface area contributed by atoms with E-state index in [9.17, 15) is 0 Å². The van der Waals surface area contributed by atoms with Crippen molar-refractivity contribution in [1.82, 2.24) is 4.98 Å². The molecule has 0 fully saturated rings. The van der Waals surface area contributed by atoms with Crippen LogP contribution >= 0.6 is 0 Å². The summed E-state index contributed by atoms with van der Waals surface area (Å²) in [7, 11) is 0. The molecule has 1 aromatic carbocycles. The molecule has 0 saturated heterocycles. The van der Waals surface area contributed by atoms with Gasteiger partial charge in [0.1, 0.15) is 5.52 Å². The molecule has 0 aliphatic heterocycles. The molecule has 92 valence electrons. The van der Waals surface area contributed by atoms with Gasteiger partial charge in [-0.2, -0.15) is 0 Å². The van der Waals surface area contributed by atoms with Gasteiger partial charge in [0, 0.05) is 17.7 Å². The second kappa shape index (κ2) is 5.21. The number of anilines is 1. The van der Waals surface area contributed by atoms with Crippen LogP contribution < -0.4 is 5.73 Å². The maximum atomic E-state index is 5.81. The van der Waals surface area contributed by atoms with Crippen LogP contribution in [0.4, 0.5) is 5.69 Å². The third-order valence-corrected chi connectivity index (χ3v) is 3.18. The van der Waals surface area contributed by atoms with Gasteiger partial charge in [-0.1, -0.05) is 26.7 Å². The molecule has 1 unspecified atom stereocenters. The molecule has 1 aromatic heterocycles. The molecule has 3 nitrogen and oxygen atoms in total. The van der Waals surface area contributed by atoms with Gasteiger partial charge in [0.2, 0.25) is 0 Å². The van der Waals surface area contributed by atoms with E-state index in [2.05, 4.69) is 18.8 Å². The first-order chi connectivity index (χ1) is 8.24. The topological polar surface area (TPSA) is 52.0 Å². The van der Waals surface area contributed by atoms with E-state index in [-0.39, 0.29) is 0 Å². The molecule has 0 amide bonds. The Morgan fingerprint density at radius 2 is 2.18 bits per heavy atom. The summed E-state index contributed by atoms with van der Waals surface area (Å²) >= 11 is 0. The maximum absolute atomic E-state index is 5.81. The molecule has 2 N–H and O–H groups in total. The summed E-state index contributed by atoms with van der Waals surface area (Å²) in [6.45, 7) is 4.39. The molecule has 1 heterocycles. The van der Waals surface area contributed by atoms with Crippen molar-refractivity contribution >= 4 is 16.8 Å². The van der Waals surface area contributed by atoms with Crippen molar-refractivity contribution < 1.29 is 4.42 Å². The van der Waals surface area contributed by atoms with Crippen molar-refractivity contribution in [3.8, 4) is 0 Å². The molecular weight excluding hydrogens is 212 g/mol. The number of hydrogen-bond donors (Lipinski definition) is 1. The number of nitrogens with zero attached hydrogens (tertiary/aromatic N) is 1. The smallest absolute Gasteiger partial charge is 0.198 e. The fourth-order valence-corrected chi connectivity index (χ4v) is 2.09. The van der Waals surface area contributed by atoms with E-state index in [0.29, 0.717) is 5.92 Å². The van der Waals surface area contributed by atoms with E-state index in [1.54, 1.807) is 0 Å². The molecule has 17 heavy (non-hydrogen) atoms. The number of oxazole rings is 1. The van der Waals surface area contributed by atoms with Gasteiger partial charge in [0.05, 0.1) is 0 Å². The monoisotopic (exact) mass is 232 g/mol. The Kier molecular flexibility index (Phi) is 3.67. The van der Waals surface area contributed by atoms with Crippen LogP contribution in [0.1, 0.15) is 51.3 Å². The Bertz CT molecular complexity index is 490. The number of nitrogens with two attached hydrogens (primary N) is 1. The molecule has 3 heteroatoms. The van der Waals surface area contributed by atoms with E-state index in [1.165, 1.54) is 12.8 Å². The van der Waals surface area contributed by atoms with Crippen LogP contribution in [0.25, 0.3) is 11.1 Å². The zero-order chi connectivity index (χ0) is 12.3. The summed E-state index contributed by atoms with van der Waals surface area (Å²) in [6.07, 6.45) is 4.65. The predicted molar refractivity (Wildman–Crippen MR) is 71.0 cm³/mol. The summed E-state index contributed by atoms with van der Waals surface area (Å²) in [5.74, 6) is 1.30. The lowest BCUT2D eigenvalue weighted by molar-refractivity contribution is 0.434. The van der Waals surface area contributed by atoms with Crippen LogP contribution in [-0.2, 0) is 0 Å². The lowest BCUT2D eigenvalue weighted by Gasteiger charge is -2.08. The van der Waals surface area contributed by atoms with Crippen molar-refractivity contribution in [3.05, 3.63) is 24.1 Å². The van der Waals surface area contributed by atoms with Gasteiger partial charge in [-0.15, -0.1) is 0 Å². The summed E-state index contributed by atoms with van der Waals surface area (Å²) in [5, 5.41) is 0. The molecule has 1 atom stereocenters. The van der Waals surface area contributed by atoms with Crippen LogP contribution in [0.2, 0.25) is 0 Å². The molecule has 2 aromatic rings. The lowest BCUT2D eigenvalue weighted by atomic mass is 9.99. The van der Waals surface area contributed by atoms with Gasteiger partial charge < -0.3 is 10.2 Å². The Morgan fingerprint density at radius 1 is 1.35 bits per heavy atom. The van der Waals surface area contributed by atoms with Crippen LogP contribution in [0.15, 0.2) is 22.6 Å². The van der Waals surface area contributed by atoms with Gasteiger partial charge >= 0.3 is 0 Å². The van der Waals surface area contributed by atoms with Crippen molar-refractivity contribution in [2.45, 2.75) is 45.4 Å². The number of hydrogen-bond acceptors (Lipinski definition) is 3. The third kappa shape index (κ3) is 2.60. The Hall–Kier alpha value is -1.51. The average Bonchev–Trinajstić information content (AvgIpc) is 2.72. The summed E-state index contributed by atoms with van der Waals surface area (Å²) in [4.78, 5) is 4.56. The van der Waals surface area contributed by atoms with Crippen molar-refractivity contribution in [1.29, 1.82) is 0 Å². The molecule has 0 spiro atoms. The lowest BCUT2D eigenvalue weighted by Crippen LogP contribution is -1.97. The highest BCUT2D eigenvalue weighted by molar-refractivity contribution is 5.76. The van der Waals surface area contributed by atoms with Gasteiger partial charge in [-0.05, 0) is 25.0 Å². The number of rotatable bonds is 5. The van der Waals surface area contributed by atoms with Crippen LogP contribution in [0.5, 0.6) is 0 Å². The standard InChI is InChI=1S/C14H20N2O/c1-3-5-6-10(4-2)14-16-12-8-7-11(15)9-13(12)17-14/h7-10H,3-6,15H2,1-2H3. The fourth-order valence-electron chi connectivity index (χ4n) is 2.09. The van der Waals surface area contributed by atoms with E-state index in [4.69, 9.17) is 10.2 Å². The normalized spacial score (nSPS) is 13.1. The first kappa shape index (κ1) is 12.0. The van der Waals surface area contributed by atoms with Gasteiger partial charge in [0.15, 0.2) is 11.5 Å². The van der Waals surface area contributed by atoms with Crippen molar-refractivity contribution in [2.75, 3.05) is 5.73 Å². The molecule has 2 rings (SSSR count). The predicted octanol–water partition coefficient (Wildman–Crippen LogP) is 4.09. The first-order valence-corrected chi connectivity index (χ1v) is 6.40. The minimum absolute atomic E-state index is 0.434. The number of fused-ring (bicyclic) bond motifs is 1. The highest BCUT2D eigenvalue weighted by Gasteiger charge is 2.15. The summed E-state index contributed by atoms with van der Waals surface area (Å²) < 4.78 is 5.81. The van der Waals surface area contributed by atoms with Crippen LogP contribution in [0, 0.1) is 0 Å². The average molecular weight is 232 g/mol. The maximum Gasteiger partial charge on any atom is 0.198 e. The third-order valence-electron chi connectivity index (χ3n) is 3.18. The van der Waals surface area contributed by atoms with Crippen LogP contribution in [0.3, 0.4) is 0 Å². The van der Waals surface area contributed by atoms with E-state index in [1.807, 2.05) is 18.2 Å². The van der Waals surface area contributed by atoms with E-state index in [0.717, 1.165) is 35.5 Å². The SMILES string of the molecule is CCCCC(CC)c1nc2ccc(N)cc2o1. The molecule has 0 bridgehead atoms. The second-order valence-electron chi connectivity index (χ2n) is 4.53. The van der Waals surface area contributed by atoms with Crippen molar-refractivity contribution in [2.24, 2.45) is 0 Å². The quantitative estimate of drug-likeness (QED) is 0.790. The van der Waals surface area contributed by atoms with Crippen LogP contribution in [-0.4, -0.2) is 4.98 Å². The first-order valence-electron chi connectivity index (χ1n) is 6.40. The molecule has 0 saturated carbocycles. The molecular formula is C14H20N2O. The molecule has 0 aliphatic rings. The Balaban J connectivity index is 2.27. The van der Waals surface area contributed by atoms with E-state index >= 15 is 0 Å². The highest BCUT2D eigenvalue weighted by Crippen LogP contribution is 2.28. The largest absolute Gasteiger partial charge is 0.440 e. The number of unbranched alkanes of at least 4 members (excludes halogenated alkanes) is 1. The number of aromatic nitrogens is 1. The minimum Gasteiger partial charge on any atom is -0.440 e. The molecule has 0 radical (unpaired) electrons. The fraction of sp³-hybridized carbons (Fsp3) is 0.500. The summed E-state index contributed by atoms with van der Waals surface area (Å²) in [6, 6.07) is 5.63.